The van der Waals surface area contributed by atoms with Crippen LogP contribution in [-0.4, -0.2) is 27.1 Å². The Morgan fingerprint density at radius 2 is 2.05 bits per heavy atom. The highest BCUT2D eigenvalue weighted by atomic mass is 32.2. The first-order valence-electron chi connectivity index (χ1n) is 7.11. The van der Waals surface area contributed by atoms with Crippen LogP contribution in [0.15, 0.2) is 34.5 Å². The van der Waals surface area contributed by atoms with Crippen molar-refractivity contribution in [2.45, 2.75) is 18.9 Å². The number of aromatic hydroxyl groups is 1. The number of carbonyl (C=O) groups excluding carboxylic acids is 1. The zero-order valence-corrected chi connectivity index (χ0v) is 12.2. The van der Waals surface area contributed by atoms with Gasteiger partial charge in [0.15, 0.2) is 5.69 Å². The smallest absolute Gasteiger partial charge is 0.267 e. The van der Waals surface area contributed by atoms with Crippen molar-refractivity contribution in [1.82, 2.24) is 4.57 Å². The van der Waals surface area contributed by atoms with Crippen molar-refractivity contribution in [3.63, 3.8) is 0 Å². The maximum absolute atomic E-state index is 11.7. The molecule has 2 fully saturated rings. The second-order valence-corrected chi connectivity index (χ2v) is 6.64. The number of aromatic nitrogens is 1. The van der Waals surface area contributed by atoms with Crippen LogP contribution in [0.3, 0.4) is 0 Å². The van der Waals surface area contributed by atoms with Gasteiger partial charge in [0, 0.05) is 22.8 Å². The molecule has 1 amide bonds. The maximum Gasteiger partial charge on any atom is 0.267 e. The zero-order chi connectivity index (χ0) is 14.4. The first-order valence-corrected chi connectivity index (χ1v) is 8.26. The van der Waals surface area contributed by atoms with Crippen LogP contribution in [0, 0.1) is 5.92 Å². The molecule has 2 aliphatic rings. The Labute approximate surface area is 126 Å². The molecule has 2 aromatic rings. The van der Waals surface area contributed by atoms with Gasteiger partial charge in [0.05, 0.1) is 11.6 Å². The number of hydrogen-bond donors (Lipinski definition) is 1. The van der Waals surface area contributed by atoms with Crippen LogP contribution in [0.25, 0.3) is 10.9 Å². The van der Waals surface area contributed by atoms with Crippen LogP contribution < -0.4 is 0 Å². The van der Waals surface area contributed by atoms with Crippen molar-refractivity contribution < 1.29 is 9.90 Å². The molecular formula is C15H15N3O2S. The molecule has 1 saturated heterocycles. The molecule has 21 heavy (non-hydrogen) atoms. The fourth-order valence-corrected chi connectivity index (χ4v) is 3.33. The maximum atomic E-state index is 11.7. The Kier molecular flexibility index (Phi) is 2.99. The predicted molar refractivity (Wildman–Crippen MR) is 82.2 cm³/mol. The van der Waals surface area contributed by atoms with Gasteiger partial charge in [-0.1, -0.05) is 18.2 Å². The molecule has 6 heteroatoms. The van der Waals surface area contributed by atoms with Crippen molar-refractivity contribution in [2.75, 3.05) is 11.5 Å². The lowest BCUT2D eigenvalue weighted by Gasteiger charge is -2.27. The van der Waals surface area contributed by atoms with Gasteiger partial charge in [-0.25, -0.2) is 0 Å². The Bertz CT molecular complexity index is 745. The fraction of sp³-hybridized carbons (Fsp3) is 0.400. The minimum atomic E-state index is -0.176. The van der Waals surface area contributed by atoms with Crippen molar-refractivity contribution in [1.29, 1.82) is 0 Å². The van der Waals surface area contributed by atoms with E-state index in [2.05, 4.69) is 10.2 Å². The van der Waals surface area contributed by atoms with Gasteiger partial charge < -0.3 is 9.67 Å². The Morgan fingerprint density at radius 3 is 2.71 bits per heavy atom. The summed E-state index contributed by atoms with van der Waals surface area (Å²) in [4.78, 5) is 11.7. The summed E-state index contributed by atoms with van der Waals surface area (Å²) in [5.74, 6) is 1.97. The summed E-state index contributed by atoms with van der Waals surface area (Å²) in [6.07, 6.45) is 1.82. The van der Waals surface area contributed by atoms with E-state index >= 15 is 0 Å². The highest BCUT2D eigenvalue weighted by Crippen LogP contribution is 2.44. The van der Waals surface area contributed by atoms with Gasteiger partial charge in [-0.05, 0) is 18.9 Å². The third-order valence-electron chi connectivity index (χ3n) is 4.02. The topological polar surface area (TPSA) is 66.9 Å². The van der Waals surface area contributed by atoms with Gasteiger partial charge in [0.25, 0.3) is 5.91 Å². The molecule has 0 atom stereocenters. The Balaban J connectivity index is 1.80. The summed E-state index contributed by atoms with van der Waals surface area (Å²) in [6, 6.07) is 8.03. The molecule has 1 aromatic carbocycles. The van der Waals surface area contributed by atoms with Gasteiger partial charge in [-0.2, -0.15) is 11.8 Å². The summed E-state index contributed by atoms with van der Waals surface area (Å²) < 4.78 is 1.92. The van der Waals surface area contributed by atoms with Crippen molar-refractivity contribution in [3.05, 3.63) is 24.3 Å². The molecule has 0 spiro atoms. The minimum absolute atomic E-state index is 0.0484. The van der Waals surface area contributed by atoms with Gasteiger partial charge >= 0.3 is 0 Å². The number of benzene rings is 1. The van der Waals surface area contributed by atoms with Crippen LogP contribution in [0.2, 0.25) is 0 Å². The number of azo groups is 1. The SMILES string of the molecule is O=C(N=Nc1c(O)n(C2CSC2)c2ccccc12)C1CC1. The number of thioether (sulfide) groups is 1. The number of carbonyl (C=O) groups is 1. The Hall–Kier alpha value is -1.82. The summed E-state index contributed by atoms with van der Waals surface area (Å²) in [6.45, 7) is 0. The summed E-state index contributed by atoms with van der Waals surface area (Å²) in [7, 11) is 0. The molecule has 0 unspecified atom stereocenters. The minimum Gasteiger partial charge on any atom is -0.493 e. The van der Waals surface area contributed by atoms with Crippen LogP contribution in [0.4, 0.5) is 5.69 Å². The molecule has 108 valence electrons. The van der Waals surface area contributed by atoms with E-state index in [0.717, 1.165) is 35.3 Å². The molecular weight excluding hydrogens is 286 g/mol. The number of nitrogens with zero attached hydrogens (tertiary/aromatic N) is 3. The second-order valence-electron chi connectivity index (χ2n) is 5.56. The third-order valence-corrected chi connectivity index (χ3v) is 5.26. The van der Waals surface area contributed by atoms with Crippen LogP contribution in [-0.2, 0) is 4.79 Å². The first kappa shape index (κ1) is 12.9. The lowest BCUT2D eigenvalue weighted by Crippen LogP contribution is -2.22. The molecule has 1 N–H and O–H groups in total. The Morgan fingerprint density at radius 1 is 1.29 bits per heavy atom. The number of hydrogen-bond acceptors (Lipinski definition) is 4. The normalized spacial score (nSPS) is 19.2. The molecule has 1 aliphatic carbocycles. The third kappa shape index (κ3) is 2.14. The van der Waals surface area contributed by atoms with Crippen molar-refractivity contribution in [3.8, 4) is 5.88 Å². The molecule has 2 heterocycles. The average Bonchev–Trinajstić information content (AvgIpc) is 3.24. The number of amides is 1. The summed E-state index contributed by atoms with van der Waals surface area (Å²) >= 11 is 1.86. The number of fused-ring (bicyclic) bond motifs is 1. The molecule has 5 nitrogen and oxygen atoms in total. The van der Waals surface area contributed by atoms with E-state index in [1.54, 1.807) is 0 Å². The van der Waals surface area contributed by atoms with Gasteiger partial charge in [0.1, 0.15) is 0 Å². The lowest BCUT2D eigenvalue weighted by molar-refractivity contribution is -0.119. The summed E-state index contributed by atoms with van der Waals surface area (Å²) in [5.41, 5.74) is 1.37. The molecule has 1 saturated carbocycles. The van der Waals surface area contributed by atoms with Crippen LogP contribution in [0.1, 0.15) is 18.9 Å². The van der Waals surface area contributed by atoms with Gasteiger partial charge in [-0.3, -0.25) is 4.79 Å². The molecule has 1 aliphatic heterocycles. The van der Waals surface area contributed by atoms with E-state index in [9.17, 15) is 9.90 Å². The van der Waals surface area contributed by atoms with E-state index in [-0.39, 0.29) is 17.7 Å². The average molecular weight is 301 g/mol. The quantitative estimate of drug-likeness (QED) is 0.880. The number of para-hydroxylation sites is 1. The predicted octanol–water partition coefficient (Wildman–Crippen LogP) is 3.66. The summed E-state index contributed by atoms with van der Waals surface area (Å²) in [5, 5.41) is 19.2. The van der Waals surface area contributed by atoms with Gasteiger partial charge in [-0.15, -0.1) is 10.2 Å². The standard InChI is InChI=1S/C15H15N3O2S/c19-14(9-5-6-9)17-16-13-11-3-1-2-4-12(11)18(15(13)20)10-7-21-8-10/h1-4,9-10,20H,5-8H2. The van der Waals surface area contributed by atoms with Gasteiger partial charge in [0.2, 0.25) is 5.88 Å². The second kappa shape index (κ2) is 4.87. The zero-order valence-electron chi connectivity index (χ0n) is 11.4. The molecule has 4 rings (SSSR count). The van der Waals surface area contributed by atoms with Crippen molar-refractivity contribution >= 4 is 34.3 Å². The number of rotatable bonds is 3. The van der Waals surface area contributed by atoms with E-state index < -0.39 is 0 Å². The molecule has 0 bridgehead atoms. The van der Waals surface area contributed by atoms with E-state index in [0.29, 0.717) is 11.7 Å². The fourth-order valence-electron chi connectivity index (χ4n) is 2.58. The highest BCUT2D eigenvalue weighted by molar-refractivity contribution is 8.00. The molecule has 1 aromatic heterocycles. The lowest BCUT2D eigenvalue weighted by atomic mass is 10.2. The van der Waals surface area contributed by atoms with Crippen molar-refractivity contribution in [2.24, 2.45) is 16.1 Å². The first-order chi connectivity index (χ1) is 10.3. The van der Waals surface area contributed by atoms with E-state index in [1.807, 2.05) is 40.6 Å². The van der Waals surface area contributed by atoms with E-state index in [1.165, 1.54) is 0 Å². The van der Waals surface area contributed by atoms with Crippen LogP contribution in [0.5, 0.6) is 5.88 Å². The van der Waals surface area contributed by atoms with Crippen LogP contribution >= 0.6 is 11.8 Å². The highest BCUT2D eigenvalue weighted by Gasteiger charge is 2.30. The monoisotopic (exact) mass is 301 g/mol. The molecule has 0 radical (unpaired) electrons. The van der Waals surface area contributed by atoms with E-state index in [4.69, 9.17) is 0 Å². The largest absolute Gasteiger partial charge is 0.493 e.